The minimum atomic E-state index is -0.672. The van der Waals surface area contributed by atoms with Crippen LogP contribution in [-0.4, -0.2) is 24.5 Å². The molecule has 0 saturated carbocycles. The largest absolute Gasteiger partial charge is 0.454 e. The standard InChI is InChI=1S/C18H20N2O4/c21-15(14-6-7-16-17(10-14)24-12-23-16)8-9-19-18(22)20-11-13-4-2-1-3-5-13/h1-7,10,15,21H,8-9,11-12H2,(H2,19,20,22). The Labute approximate surface area is 140 Å². The molecule has 0 radical (unpaired) electrons. The third-order valence-corrected chi connectivity index (χ3v) is 3.78. The second-order valence-electron chi connectivity index (χ2n) is 5.51. The fourth-order valence-corrected chi connectivity index (χ4v) is 2.45. The van der Waals surface area contributed by atoms with Gasteiger partial charge in [-0.25, -0.2) is 4.79 Å². The van der Waals surface area contributed by atoms with E-state index >= 15 is 0 Å². The lowest BCUT2D eigenvalue weighted by Crippen LogP contribution is -2.36. The molecule has 0 spiro atoms. The minimum Gasteiger partial charge on any atom is -0.454 e. The molecule has 0 bridgehead atoms. The average molecular weight is 328 g/mol. The predicted octanol–water partition coefficient (Wildman–Crippen LogP) is 2.34. The maximum absolute atomic E-state index is 11.7. The Balaban J connectivity index is 1.40. The molecule has 1 atom stereocenters. The average Bonchev–Trinajstić information content (AvgIpc) is 3.08. The molecule has 1 aliphatic rings. The van der Waals surface area contributed by atoms with Crippen LogP contribution in [0, 0.1) is 0 Å². The van der Waals surface area contributed by atoms with Gasteiger partial charge in [0.25, 0.3) is 0 Å². The van der Waals surface area contributed by atoms with Crippen molar-refractivity contribution in [3.8, 4) is 11.5 Å². The van der Waals surface area contributed by atoms with Gasteiger partial charge in [-0.05, 0) is 29.7 Å². The number of hydrogen-bond donors (Lipinski definition) is 3. The van der Waals surface area contributed by atoms with E-state index in [9.17, 15) is 9.90 Å². The van der Waals surface area contributed by atoms with Crippen molar-refractivity contribution in [2.24, 2.45) is 0 Å². The summed E-state index contributed by atoms with van der Waals surface area (Å²) >= 11 is 0. The highest BCUT2D eigenvalue weighted by Crippen LogP contribution is 2.34. The smallest absolute Gasteiger partial charge is 0.315 e. The van der Waals surface area contributed by atoms with E-state index < -0.39 is 6.10 Å². The van der Waals surface area contributed by atoms with Crippen LogP contribution in [0.1, 0.15) is 23.7 Å². The molecule has 1 aliphatic heterocycles. The summed E-state index contributed by atoms with van der Waals surface area (Å²) in [5.74, 6) is 1.32. The molecule has 0 aromatic heterocycles. The molecule has 6 nitrogen and oxygen atoms in total. The maximum Gasteiger partial charge on any atom is 0.315 e. The van der Waals surface area contributed by atoms with Gasteiger partial charge in [0.05, 0.1) is 6.10 Å². The van der Waals surface area contributed by atoms with Crippen molar-refractivity contribution < 1.29 is 19.4 Å². The van der Waals surface area contributed by atoms with Crippen LogP contribution in [0.15, 0.2) is 48.5 Å². The molecule has 2 aromatic rings. The van der Waals surface area contributed by atoms with Gasteiger partial charge >= 0.3 is 6.03 Å². The van der Waals surface area contributed by atoms with Gasteiger partial charge in [0.15, 0.2) is 11.5 Å². The molecule has 2 aromatic carbocycles. The summed E-state index contributed by atoms with van der Waals surface area (Å²) in [6.07, 6.45) is -0.257. The minimum absolute atomic E-state index is 0.206. The quantitative estimate of drug-likeness (QED) is 0.760. The van der Waals surface area contributed by atoms with Crippen LogP contribution in [0.25, 0.3) is 0 Å². The highest BCUT2D eigenvalue weighted by atomic mass is 16.7. The topological polar surface area (TPSA) is 79.8 Å². The molecular formula is C18H20N2O4. The molecule has 24 heavy (non-hydrogen) atoms. The third kappa shape index (κ3) is 4.17. The van der Waals surface area contributed by atoms with Gasteiger partial charge in [-0.1, -0.05) is 36.4 Å². The Morgan fingerprint density at radius 2 is 1.88 bits per heavy atom. The number of urea groups is 1. The summed E-state index contributed by atoms with van der Waals surface area (Å²) in [6.45, 7) is 1.05. The van der Waals surface area contributed by atoms with Gasteiger partial charge in [0.1, 0.15) is 0 Å². The van der Waals surface area contributed by atoms with Gasteiger partial charge < -0.3 is 25.2 Å². The number of carbonyl (C=O) groups is 1. The number of carbonyl (C=O) groups excluding carboxylic acids is 1. The Kier molecular flexibility index (Phi) is 5.18. The molecule has 126 valence electrons. The lowest BCUT2D eigenvalue weighted by Gasteiger charge is -2.13. The number of aliphatic hydroxyl groups is 1. The maximum atomic E-state index is 11.7. The summed E-state index contributed by atoms with van der Waals surface area (Å²) in [5.41, 5.74) is 1.78. The van der Waals surface area contributed by atoms with Crippen molar-refractivity contribution in [2.45, 2.75) is 19.1 Å². The Morgan fingerprint density at radius 1 is 1.08 bits per heavy atom. The molecule has 0 fully saturated rings. The van der Waals surface area contributed by atoms with Crippen LogP contribution >= 0.6 is 0 Å². The number of aliphatic hydroxyl groups excluding tert-OH is 1. The van der Waals surface area contributed by atoms with Crippen molar-refractivity contribution in [3.05, 3.63) is 59.7 Å². The summed E-state index contributed by atoms with van der Waals surface area (Å²) in [5, 5.41) is 15.7. The summed E-state index contributed by atoms with van der Waals surface area (Å²) in [4.78, 5) is 11.7. The summed E-state index contributed by atoms with van der Waals surface area (Å²) in [6, 6.07) is 14.8. The fourth-order valence-electron chi connectivity index (χ4n) is 2.45. The molecule has 1 heterocycles. The zero-order valence-corrected chi connectivity index (χ0v) is 13.2. The zero-order valence-electron chi connectivity index (χ0n) is 13.2. The molecule has 1 unspecified atom stereocenters. The number of ether oxygens (including phenoxy) is 2. The van der Waals surface area contributed by atoms with E-state index in [0.717, 1.165) is 11.1 Å². The Hall–Kier alpha value is -2.73. The lowest BCUT2D eigenvalue weighted by molar-refractivity contribution is 0.165. The Morgan fingerprint density at radius 3 is 2.71 bits per heavy atom. The molecule has 6 heteroatoms. The van der Waals surface area contributed by atoms with Crippen LogP contribution in [0.4, 0.5) is 4.79 Å². The van der Waals surface area contributed by atoms with Crippen molar-refractivity contribution in [1.82, 2.24) is 10.6 Å². The van der Waals surface area contributed by atoms with Crippen LogP contribution in [0.2, 0.25) is 0 Å². The second-order valence-corrected chi connectivity index (χ2v) is 5.51. The van der Waals surface area contributed by atoms with E-state index in [2.05, 4.69) is 10.6 Å². The van der Waals surface area contributed by atoms with Gasteiger partial charge in [-0.15, -0.1) is 0 Å². The third-order valence-electron chi connectivity index (χ3n) is 3.78. The van der Waals surface area contributed by atoms with Crippen LogP contribution in [-0.2, 0) is 6.54 Å². The normalized spacial score (nSPS) is 13.4. The Bertz CT molecular complexity index is 691. The van der Waals surface area contributed by atoms with Crippen LogP contribution in [0.3, 0.4) is 0 Å². The molecule has 3 rings (SSSR count). The number of fused-ring (bicyclic) bond motifs is 1. The molecular weight excluding hydrogens is 308 g/mol. The fraction of sp³-hybridized carbons (Fsp3) is 0.278. The number of rotatable bonds is 6. The molecule has 2 amide bonds. The van der Waals surface area contributed by atoms with Crippen LogP contribution in [0.5, 0.6) is 11.5 Å². The number of benzene rings is 2. The van der Waals surface area contributed by atoms with E-state index in [1.54, 1.807) is 18.2 Å². The van der Waals surface area contributed by atoms with E-state index in [1.807, 2.05) is 30.3 Å². The van der Waals surface area contributed by atoms with Crippen molar-refractivity contribution in [2.75, 3.05) is 13.3 Å². The van der Waals surface area contributed by atoms with Crippen molar-refractivity contribution in [1.29, 1.82) is 0 Å². The first-order valence-corrected chi connectivity index (χ1v) is 7.85. The van der Waals surface area contributed by atoms with E-state index in [4.69, 9.17) is 9.47 Å². The molecule has 0 saturated heterocycles. The van der Waals surface area contributed by atoms with Gasteiger partial charge in [-0.3, -0.25) is 0 Å². The van der Waals surface area contributed by atoms with E-state index in [1.165, 1.54) is 0 Å². The van der Waals surface area contributed by atoms with Crippen molar-refractivity contribution >= 4 is 6.03 Å². The van der Waals surface area contributed by atoms with Gasteiger partial charge in [-0.2, -0.15) is 0 Å². The first-order chi connectivity index (χ1) is 11.7. The van der Waals surface area contributed by atoms with Crippen molar-refractivity contribution in [3.63, 3.8) is 0 Å². The predicted molar refractivity (Wildman–Crippen MR) is 88.8 cm³/mol. The number of nitrogens with one attached hydrogen (secondary N) is 2. The molecule has 3 N–H and O–H groups in total. The zero-order chi connectivity index (χ0) is 16.8. The summed E-state index contributed by atoms with van der Waals surface area (Å²) in [7, 11) is 0. The highest BCUT2D eigenvalue weighted by Gasteiger charge is 2.16. The highest BCUT2D eigenvalue weighted by molar-refractivity contribution is 5.73. The molecule has 0 aliphatic carbocycles. The van der Waals surface area contributed by atoms with E-state index in [0.29, 0.717) is 31.0 Å². The summed E-state index contributed by atoms with van der Waals surface area (Å²) < 4.78 is 10.5. The van der Waals surface area contributed by atoms with Gasteiger partial charge in [0, 0.05) is 13.1 Å². The number of hydrogen-bond acceptors (Lipinski definition) is 4. The second kappa shape index (κ2) is 7.70. The van der Waals surface area contributed by atoms with Crippen LogP contribution < -0.4 is 20.1 Å². The SMILES string of the molecule is O=C(NCCC(O)c1ccc2c(c1)OCO2)NCc1ccccc1. The monoisotopic (exact) mass is 328 g/mol. The van der Waals surface area contributed by atoms with E-state index in [-0.39, 0.29) is 12.8 Å². The lowest BCUT2D eigenvalue weighted by atomic mass is 10.1. The first-order valence-electron chi connectivity index (χ1n) is 7.85. The first kappa shape index (κ1) is 16.1. The van der Waals surface area contributed by atoms with Gasteiger partial charge in [0.2, 0.25) is 6.79 Å². The number of amides is 2.